The molecule has 0 amide bonds. The molecular weight excluding hydrogens is 330 g/mol. The van der Waals surface area contributed by atoms with Crippen LogP contribution in [-0.2, 0) is 0 Å². The molecule has 3 aromatic rings. The highest BCUT2D eigenvalue weighted by atomic mass is 32.2. The fraction of sp³-hybridized carbons (Fsp3) is 0.250. The van der Waals surface area contributed by atoms with Crippen molar-refractivity contribution >= 4 is 28.9 Å². The van der Waals surface area contributed by atoms with E-state index in [0.717, 1.165) is 21.1 Å². The van der Waals surface area contributed by atoms with Gasteiger partial charge in [-0.3, -0.25) is 4.79 Å². The third-order valence-corrected chi connectivity index (χ3v) is 5.08. The number of carbonyl (C=O) groups is 1. The Morgan fingerprint density at radius 2 is 1.91 bits per heavy atom. The molecule has 0 aliphatic heterocycles. The standard InChI is InChI=1S/C16H15N3O2S2/c1-9-4-6-12(7-5-9)13(20)8-22-16-19-18-15(21-16)14-10(2)17-11(3)23-14/h4-7H,8H2,1-3H3. The fourth-order valence-electron chi connectivity index (χ4n) is 2.04. The van der Waals surface area contributed by atoms with Crippen LogP contribution in [0, 0.1) is 20.8 Å². The number of thiazole rings is 1. The zero-order valence-electron chi connectivity index (χ0n) is 13.0. The van der Waals surface area contributed by atoms with E-state index in [1.807, 2.05) is 45.0 Å². The first-order valence-corrected chi connectivity index (χ1v) is 8.83. The minimum absolute atomic E-state index is 0.0413. The average molecular weight is 345 g/mol. The summed E-state index contributed by atoms with van der Waals surface area (Å²) in [7, 11) is 0. The van der Waals surface area contributed by atoms with Gasteiger partial charge in [0.05, 0.1) is 16.5 Å². The first kappa shape index (κ1) is 15.9. The maximum atomic E-state index is 12.1. The molecule has 7 heteroatoms. The summed E-state index contributed by atoms with van der Waals surface area (Å²) in [5, 5.41) is 9.39. The number of ketones is 1. The monoisotopic (exact) mass is 345 g/mol. The summed E-state index contributed by atoms with van der Waals surface area (Å²) < 4.78 is 5.63. The number of aryl methyl sites for hydroxylation is 3. The second kappa shape index (κ2) is 6.64. The molecule has 0 saturated heterocycles. The predicted octanol–water partition coefficient (Wildman–Crippen LogP) is 4.09. The third kappa shape index (κ3) is 3.68. The van der Waals surface area contributed by atoms with Crippen LogP contribution in [0.2, 0.25) is 0 Å². The number of nitrogens with zero attached hydrogens (tertiary/aromatic N) is 3. The van der Waals surface area contributed by atoms with Gasteiger partial charge in [0.25, 0.3) is 11.1 Å². The molecule has 0 N–H and O–H groups in total. The summed E-state index contributed by atoms with van der Waals surface area (Å²) >= 11 is 2.77. The number of benzene rings is 1. The summed E-state index contributed by atoms with van der Waals surface area (Å²) in [6.45, 7) is 5.84. The highest BCUT2D eigenvalue weighted by Crippen LogP contribution is 2.30. The van der Waals surface area contributed by atoms with Crippen LogP contribution in [0.3, 0.4) is 0 Å². The number of rotatable bonds is 5. The lowest BCUT2D eigenvalue weighted by Gasteiger charge is -1.99. The van der Waals surface area contributed by atoms with E-state index in [0.29, 0.717) is 16.7 Å². The van der Waals surface area contributed by atoms with Gasteiger partial charge in [0, 0.05) is 5.56 Å². The van der Waals surface area contributed by atoms with Gasteiger partial charge in [-0.2, -0.15) is 0 Å². The normalized spacial score (nSPS) is 10.9. The number of hydrogen-bond acceptors (Lipinski definition) is 7. The Morgan fingerprint density at radius 1 is 1.17 bits per heavy atom. The molecule has 2 heterocycles. The molecule has 0 atom stereocenters. The lowest BCUT2D eigenvalue weighted by molar-refractivity contribution is 0.102. The van der Waals surface area contributed by atoms with Gasteiger partial charge in [0.15, 0.2) is 5.78 Å². The van der Waals surface area contributed by atoms with Gasteiger partial charge in [-0.15, -0.1) is 21.5 Å². The van der Waals surface area contributed by atoms with Crippen LogP contribution in [0.15, 0.2) is 33.9 Å². The third-order valence-electron chi connectivity index (χ3n) is 3.20. The van der Waals surface area contributed by atoms with E-state index in [9.17, 15) is 4.79 Å². The van der Waals surface area contributed by atoms with Crippen LogP contribution in [0.25, 0.3) is 10.8 Å². The van der Waals surface area contributed by atoms with Gasteiger partial charge in [0.2, 0.25) is 0 Å². The minimum Gasteiger partial charge on any atom is -0.410 e. The number of Topliss-reactive ketones (excluding diaryl/α,β-unsaturated/α-hetero) is 1. The van der Waals surface area contributed by atoms with Crippen LogP contribution < -0.4 is 0 Å². The number of thioether (sulfide) groups is 1. The first-order valence-electron chi connectivity index (χ1n) is 7.03. The summed E-state index contributed by atoms with van der Waals surface area (Å²) in [6.07, 6.45) is 0. The molecule has 0 saturated carbocycles. The van der Waals surface area contributed by atoms with Crippen LogP contribution in [0.1, 0.15) is 26.6 Å². The van der Waals surface area contributed by atoms with Crippen molar-refractivity contribution in [2.75, 3.05) is 5.75 Å². The Labute approximate surface area is 142 Å². The van der Waals surface area contributed by atoms with Gasteiger partial charge in [-0.1, -0.05) is 41.6 Å². The molecule has 2 aromatic heterocycles. The smallest absolute Gasteiger partial charge is 0.277 e. The van der Waals surface area contributed by atoms with E-state index in [1.54, 1.807) is 0 Å². The molecule has 118 valence electrons. The Kier molecular flexibility index (Phi) is 4.58. The van der Waals surface area contributed by atoms with Gasteiger partial charge in [-0.25, -0.2) is 4.98 Å². The van der Waals surface area contributed by atoms with E-state index in [1.165, 1.54) is 23.1 Å². The van der Waals surface area contributed by atoms with E-state index >= 15 is 0 Å². The highest BCUT2D eigenvalue weighted by Gasteiger charge is 2.16. The Bertz CT molecular complexity index is 837. The molecule has 5 nitrogen and oxygen atoms in total. The second-order valence-electron chi connectivity index (χ2n) is 5.10. The van der Waals surface area contributed by atoms with E-state index < -0.39 is 0 Å². The second-order valence-corrected chi connectivity index (χ2v) is 7.23. The minimum atomic E-state index is 0.0413. The molecule has 3 rings (SSSR count). The quantitative estimate of drug-likeness (QED) is 0.512. The average Bonchev–Trinajstić information content (AvgIpc) is 3.11. The Hall–Kier alpha value is -1.99. The van der Waals surface area contributed by atoms with Gasteiger partial charge in [-0.05, 0) is 20.8 Å². The van der Waals surface area contributed by atoms with Crippen molar-refractivity contribution in [3.8, 4) is 10.8 Å². The van der Waals surface area contributed by atoms with Crippen molar-refractivity contribution in [1.82, 2.24) is 15.2 Å². The molecule has 23 heavy (non-hydrogen) atoms. The maximum absolute atomic E-state index is 12.1. The lowest BCUT2D eigenvalue weighted by atomic mass is 10.1. The first-order chi connectivity index (χ1) is 11.0. The van der Waals surface area contributed by atoms with Gasteiger partial charge >= 0.3 is 0 Å². The molecule has 0 radical (unpaired) electrons. The van der Waals surface area contributed by atoms with Crippen molar-refractivity contribution in [3.63, 3.8) is 0 Å². The summed E-state index contributed by atoms with van der Waals surface area (Å²) in [4.78, 5) is 17.4. The zero-order valence-corrected chi connectivity index (χ0v) is 14.6. The van der Waals surface area contributed by atoms with E-state index in [-0.39, 0.29) is 11.5 Å². The molecule has 0 aliphatic carbocycles. The van der Waals surface area contributed by atoms with Crippen LogP contribution in [0.5, 0.6) is 0 Å². The van der Waals surface area contributed by atoms with E-state index in [2.05, 4.69) is 15.2 Å². The lowest BCUT2D eigenvalue weighted by Crippen LogP contribution is -2.02. The predicted molar refractivity (Wildman–Crippen MR) is 91.1 cm³/mol. The number of aromatic nitrogens is 3. The largest absolute Gasteiger partial charge is 0.410 e. The maximum Gasteiger partial charge on any atom is 0.277 e. The van der Waals surface area contributed by atoms with Crippen molar-refractivity contribution in [1.29, 1.82) is 0 Å². The topological polar surface area (TPSA) is 68.9 Å². The highest BCUT2D eigenvalue weighted by molar-refractivity contribution is 7.99. The Morgan fingerprint density at radius 3 is 2.57 bits per heavy atom. The van der Waals surface area contributed by atoms with Crippen molar-refractivity contribution < 1.29 is 9.21 Å². The van der Waals surface area contributed by atoms with Crippen LogP contribution >= 0.6 is 23.1 Å². The zero-order chi connectivity index (χ0) is 16.4. The molecule has 0 unspecified atom stereocenters. The molecular formula is C16H15N3O2S2. The molecule has 1 aromatic carbocycles. The molecule has 0 bridgehead atoms. The summed E-state index contributed by atoms with van der Waals surface area (Å²) in [6, 6.07) is 7.52. The molecule has 0 spiro atoms. The van der Waals surface area contributed by atoms with Crippen LogP contribution in [-0.4, -0.2) is 26.7 Å². The van der Waals surface area contributed by atoms with Crippen LogP contribution in [0.4, 0.5) is 0 Å². The fourth-order valence-corrected chi connectivity index (χ4v) is 3.54. The molecule has 0 fully saturated rings. The summed E-state index contributed by atoms with van der Waals surface area (Å²) in [5.74, 6) is 0.767. The van der Waals surface area contributed by atoms with Crippen molar-refractivity contribution in [2.45, 2.75) is 26.0 Å². The number of hydrogen-bond donors (Lipinski definition) is 0. The van der Waals surface area contributed by atoms with Gasteiger partial charge < -0.3 is 4.42 Å². The Balaban J connectivity index is 1.66. The molecule has 0 aliphatic rings. The van der Waals surface area contributed by atoms with Crippen molar-refractivity contribution in [3.05, 3.63) is 46.1 Å². The van der Waals surface area contributed by atoms with Crippen molar-refractivity contribution in [2.24, 2.45) is 0 Å². The number of carbonyl (C=O) groups excluding carboxylic acids is 1. The van der Waals surface area contributed by atoms with E-state index in [4.69, 9.17) is 4.42 Å². The summed E-state index contributed by atoms with van der Waals surface area (Å²) in [5.41, 5.74) is 2.70. The SMILES string of the molecule is Cc1ccc(C(=O)CSc2nnc(-c3sc(C)nc3C)o2)cc1. The van der Waals surface area contributed by atoms with Gasteiger partial charge in [0.1, 0.15) is 4.88 Å².